The van der Waals surface area contributed by atoms with Crippen LogP contribution in [0.5, 0.6) is 0 Å². The number of carbonyl (C=O) groups excluding carboxylic acids is 2. The average Bonchev–Trinajstić information content (AvgIpc) is 2.65. The number of carbonyl (C=O) groups is 2. The van der Waals surface area contributed by atoms with Crippen molar-refractivity contribution in [1.82, 2.24) is 9.62 Å². The molecule has 1 atom stereocenters. The van der Waals surface area contributed by atoms with Crippen LogP contribution < -0.4 is 10.2 Å². The highest BCUT2D eigenvalue weighted by Gasteiger charge is 2.50. The highest BCUT2D eigenvalue weighted by Crippen LogP contribution is 2.32. The van der Waals surface area contributed by atoms with Crippen LogP contribution in [0.3, 0.4) is 0 Å². The molecule has 3 rings (SSSR count). The Morgan fingerprint density at radius 1 is 1.13 bits per heavy atom. The van der Waals surface area contributed by atoms with Crippen molar-refractivity contribution in [3.63, 3.8) is 0 Å². The fourth-order valence-corrected chi connectivity index (χ4v) is 4.69. The molecule has 31 heavy (non-hydrogen) atoms. The standard InChI is InChI=1S/C22H26FN3O4S/c1-15-9-16(2)11-19(10-15)26-20(27)13-25(31(4,29)30)14-22(26,3)21(28)24-12-17-5-7-18(23)8-6-17/h5-11H,12-14H2,1-4H3,(H,24,28)/t22-/m1/s1. The van der Waals surface area contributed by atoms with Crippen LogP contribution in [0.4, 0.5) is 10.1 Å². The maximum atomic E-state index is 13.3. The highest BCUT2D eigenvalue weighted by molar-refractivity contribution is 7.88. The molecule has 0 radical (unpaired) electrons. The highest BCUT2D eigenvalue weighted by atomic mass is 32.2. The predicted octanol–water partition coefficient (Wildman–Crippen LogP) is 2.13. The van der Waals surface area contributed by atoms with Gasteiger partial charge in [0.1, 0.15) is 11.4 Å². The summed E-state index contributed by atoms with van der Waals surface area (Å²) in [5.74, 6) is -1.37. The SMILES string of the molecule is Cc1cc(C)cc(N2C(=O)CN(S(C)(=O)=O)C[C@]2(C)C(=O)NCc2ccc(F)cc2)c1. The molecule has 1 saturated heterocycles. The van der Waals surface area contributed by atoms with Crippen molar-refractivity contribution >= 4 is 27.5 Å². The Morgan fingerprint density at radius 3 is 2.26 bits per heavy atom. The number of hydrogen-bond acceptors (Lipinski definition) is 4. The molecule has 0 spiro atoms. The molecule has 9 heteroatoms. The summed E-state index contributed by atoms with van der Waals surface area (Å²) in [6.07, 6.45) is 1.02. The number of anilines is 1. The number of hydrogen-bond donors (Lipinski definition) is 1. The lowest BCUT2D eigenvalue weighted by Gasteiger charge is -2.46. The minimum atomic E-state index is -3.69. The molecule has 2 aromatic rings. The predicted molar refractivity (Wildman–Crippen MR) is 116 cm³/mol. The van der Waals surface area contributed by atoms with Gasteiger partial charge < -0.3 is 5.32 Å². The summed E-state index contributed by atoms with van der Waals surface area (Å²) in [7, 11) is -3.69. The summed E-state index contributed by atoms with van der Waals surface area (Å²) in [6.45, 7) is 4.92. The van der Waals surface area contributed by atoms with E-state index in [0.717, 1.165) is 21.7 Å². The topological polar surface area (TPSA) is 86.8 Å². The van der Waals surface area contributed by atoms with E-state index in [9.17, 15) is 22.4 Å². The second kappa shape index (κ2) is 8.39. The van der Waals surface area contributed by atoms with Gasteiger partial charge in [0.2, 0.25) is 21.8 Å². The largest absolute Gasteiger partial charge is 0.350 e. The second-order valence-corrected chi connectivity index (χ2v) is 10.2. The number of halogens is 1. The Hall–Kier alpha value is -2.78. The number of sulfonamides is 1. The number of amides is 2. The van der Waals surface area contributed by atoms with E-state index in [1.54, 1.807) is 31.2 Å². The normalized spacial score (nSPS) is 20.0. The molecule has 0 saturated carbocycles. The average molecular weight is 448 g/mol. The van der Waals surface area contributed by atoms with Gasteiger partial charge in [-0.05, 0) is 61.7 Å². The molecule has 166 valence electrons. The number of rotatable bonds is 5. The van der Waals surface area contributed by atoms with Crippen molar-refractivity contribution < 1.29 is 22.4 Å². The third-order valence-electron chi connectivity index (χ3n) is 5.33. The fourth-order valence-electron chi connectivity index (χ4n) is 3.86. The zero-order valence-electron chi connectivity index (χ0n) is 18.0. The molecular formula is C22H26FN3O4S. The van der Waals surface area contributed by atoms with Gasteiger partial charge >= 0.3 is 0 Å². The molecule has 0 aromatic heterocycles. The van der Waals surface area contributed by atoms with Crippen LogP contribution in [0.25, 0.3) is 0 Å². The van der Waals surface area contributed by atoms with Gasteiger partial charge in [-0.1, -0.05) is 18.2 Å². The van der Waals surface area contributed by atoms with Gasteiger partial charge in [0.15, 0.2) is 0 Å². The van der Waals surface area contributed by atoms with Crippen LogP contribution >= 0.6 is 0 Å². The first-order chi connectivity index (χ1) is 14.4. The van der Waals surface area contributed by atoms with Crippen LogP contribution in [0, 0.1) is 19.7 Å². The first-order valence-corrected chi connectivity index (χ1v) is 11.6. The van der Waals surface area contributed by atoms with E-state index in [0.29, 0.717) is 11.3 Å². The van der Waals surface area contributed by atoms with E-state index in [2.05, 4.69) is 5.32 Å². The van der Waals surface area contributed by atoms with Crippen LogP contribution in [0.15, 0.2) is 42.5 Å². The van der Waals surface area contributed by atoms with Crippen molar-refractivity contribution in [2.75, 3.05) is 24.2 Å². The summed E-state index contributed by atoms with van der Waals surface area (Å²) in [6, 6.07) is 11.2. The molecule has 1 aliphatic heterocycles. The van der Waals surface area contributed by atoms with Gasteiger partial charge in [-0.25, -0.2) is 12.8 Å². The Balaban J connectivity index is 1.98. The molecule has 1 heterocycles. The van der Waals surface area contributed by atoms with Crippen LogP contribution in [-0.2, 0) is 26.2 Å². The van der Waals surface area contributed by atoms with E-state index < -0.39 is 27.4 Å². The summed E-state index contributed by atoms with van der Waals surface area (Å²) >= 11 is 0. The molecule has 0 bridgehead atoms. The molecule has 1 aliphatic rings. The molecular weight excluding hydrogens is 421 g/mol. The number of aryl methyl sites for hydroxylation is 2. The number of nitrogens with zero attached hydrogens (tertiary/aromatic N) is 2. The van der Waals surface area contributed by atoms with E-state index in [4.69, 9.17) is 0 Å². The first-order valence-electron chi connectivity index (χ1n) is 9.79. The first kappa shape index (κ1) is 22.9. The molecule has 0 unspecified atom stereocenters. The van der Waals surface area contributed by atoms with Crippen molar-refractivity contribution in [2.24, 2.45) is 0 Å². The fraction of sp³-hybridized carbons (Fsp3) is 0.364. The van der Waals surface area contributed by atoms with Gasteiger partial charge in [-0.2, -0.15) is 4.31 Å². The zero-order valence-corrected chi connectivity index (χ0v) is 18.8. The lowest BCUT2D eigenvalue weighted by atomic mass is 9.93. The van der Waals surface area contributed by atoms with E-state index in [-0.39, 0.29) is 25.5 Å². The number of piperazine rings is 1. The molecule has 0 aliphatic carbocycles. The molecule has 2 aromatic carbocycles. The Labute approximate surface area is 181 Å². The van der Waals surface area contributed by atoms with E-state index >= 15 is 0 Å². The molecule has 2 amide bonds. The van der Waals surface area contributed by atoms with Crippen LogP contribution in [0.1, 0.15) is 23.6 Å². The van der Waals surface area contributed by atoms with Gasteiger partial charge in [0.05, 0.1) is 12.8 Å². The van der Waals surface area contributed by atoms with Gasteiger partial charge in [-0.15, -0.1) is 0 Å². The van der Waals surface area contributed by atoms with Crippen molar-refractivity contribution in [1.29, 1.82) is 0 Å². The monoisotopic (exact) mass is 447 g/mol. The molecule has 7 nitrogen and oxygen atoms in total. The van der Waals surface area contributed by atoms with Crippen molar-refractivity contribution in [2.45, 2.75) is 32.9 Å². The Kier molecular flexibility index (Phi) is 6.20. The summed E-state index contributed by atoms with van der Waals surface area (Å²) < 4.78 is 38.6. The van der Waals surface area contributed by atoms with E-state index in [1.807, 2.05) is 19.9 Å². The van der Waals surface area contributed by atoms with E-state index in [1.165, 1.54) is 17.0 Å². The van der Waals surface area contributed by atoms with Gasteiger partial charge in [-0.3, -0.25) is 14.5 Å². The maximum absolute atomic E-state index is 13.3. The third-order valence-corrected chi connectivity index (χ3v) is 6.52. The van der Waals surface area contributed by atoms with Crippen LogP contribution in [-0.4, -0.2) is 49.4 Å². The zero-order chi connectivity index (χ0) is 23.0. The van der Waals surface area contributed by atoms with Crippen molar-refractivity contribution in [3.8, 4) is 0 Å². The number of benzene rings is 2. The Morgan fingerprint density at radius 2 is 1.71 bits per heavy atom. The minimum absolute atomic E-state index is 0.114. The maximum Gasteiger partial charge on any atom is 0.247 e. The van der Waals surface area contributed by atoms with Crippen molar-refractivity contribution in [3.05, 3.63) is 65.0 Å². The minimum Gasteiger partial charge on any atom is -0.350 e. The lowest BCUT2D eigenvalue weighted by Crippen LogP contribution is -2.70. The van der Waals surface area contributed by atoms with Gasteiger partial charge in [0, 0.05) is 18.8 Å². The smallest absolute Gasteiger partial charge is 0.247 e. The van der Waals surface area contributed by atoms with Gasteiger partial charge in [0.25, 0.3) is 0 Å². The summed E-state index contributed by atoms with van der Waals surface area (Å²) in [5, 5.41) is 2.77. The summed E-state index contributed by atoms with van der Waals surface area (Å²) in [4.78, 5) is 27.8. The molecule has 1 fully saturated rings. The third kappa shape index (κ3) is 4.94. The number of nitrogens with one attached hydrogen (secondary N) is 1. The lowest BCUT2D eigenvalue weighted by molar-refractivity contribution is -0.133. The Bertz CT molecular complexity index is 1100. The quantitative estimate of drug-likeness (QED) is 0.761. The molecule has 1 N–H and O–H groups in total. The summed E-state index contributed by atoms with van der Waals surface area (Å²) in [5.41, 5.74) is 1.58. The van der Waals surface area contributed by atoms with Crippen LogP contribution in [0.2, 0.25) is 0 Å². The second-order valence-electron chi connectivity index (χ2n) is 8.19.